The molecular formula is C18H16N6O4. The molecular weight excluding hydrogens is 364 g/mol. The Morgan fingerprint density at radius 2 is 1.89 bits per heavy atom. The Morgan fingerprint density at radius 1 is 1.11 bits per heavy atom. The van der Waals surface area contributed by atoms with Crippen LogP contribution in [0.25, 0.3) is 5.82 Å². The minimum absolute atomic E-state index is 0.150. The van der Waals surface area contributed by atoms with Gasteiger partial charge in [-0.25, -0.2) is 24.2 Å². The number of amides is 3. The second-order valence-electron chi connectivity index (χ2n) is 5.60. The topological polar surface area (TPSA) is 128 Å². The van der Waals surface area contributed by atoms with Crippen LogP contribution in [-0.4, -0.2) is 43.8 Å². The highest BCUT2D eigenvalue weighted by Gasteiger charge is 2.21. The van der Waals surface area contributed by atoms with Crippen LogP contribution >= 0.6 is 0 Å². The fraction of sp³-hybridized carbons (Fsp3) is 0.111. The molecule has 0 bridgehead atoms. The van der Waals surface area contributed by atoms with E-state index in [0.717, 1.165) is 0 Å². The van der Waals surface area contributed by atoms with Crippen molar-refractivity contribution in [2.75, 3.05) is 5.32 Å². The standard InChI is InChI=1S/C18H16N6O4/c1-12(16(25)23-18(27)22-14-5-3-2-4-6-14)28-17(26)13-7-8-15(20-9-13)24-11-19-10-21-24/h2-12H,1H3,(H2,22,23,25,27). The molecule has 0 fully saturated rings. The van der Waals surface area contributed by atoms with E-state index in [0.29, 0.717) is 11.5 Å². The van der Waals surface area contributed by atoms with E-state index < -0.39 is 24.0 Å². The van der Waals surface area contributed by atoms with E-state index in [-0.39, 0.29) is 5.56 Å². The van der Waals surface area contributed by atoms with Crippen molar-refractivity contribution in [1.82, 2.24) is 25.1 Å². The van der Waals surface area contributed by atoms with Crippen molar-refractivity contribution in [3.8, 4) is 5.82 Å². The van der Waals surface area contributed by atoms with E-state index >= 15 is 0 Å². The summed E-state index contributed by atoms with van der Waals surface area (Å²) in [7, 11) is 0. The number of pyridine rings is 1. The number of ether oxygens (including phenoxy) is 1. The van der Waals surface area contributed by atoms with Gasteiger partial charge in [-0.1, -0.05) is 18.2 Å². The zero-order valence-corrected chi connectivity index (χ0v) is 14.8. The third kappa shape index (κ3) is 4.75. The van der Waals surface area contributed by atoms with Crippen LogP contribution in [0.4, 0.5) is 10.5 Å². The number of aromatic nitrogens is 4. The molecule has 0 spiro atoms. The SMILES string of the molecule is CC(OC(=O)c1ccc(-n2cncn2)nc1)C(=O)NC(=O)Nc1ccccc1. The second-order valence-corrected chi connectivity index (χ2v) is 5.60. The minimum Gasteiger partial charge on any atom is -0.449 e. The molecule has 0 saturated carbocycles. The fourth-order valence-corrected chi connectivity index (χ4v) is 2.15. The van der Waals surface area contributed by atoms with Crippen molar-refractivity contribution >= 4 is 23.6 Å². The molecule has 28 heavy (non-hydrogen) atoms. The van der Waals surface area contributed by atoms with Crippen molar-refractivity contribution in [3.63, 3.8) is 0 Å². The van der Waals surface area contributed by atoms with E-state index in [4.69, 9.17) is 4.74 Å². The Labute approximate surface area is 159 Å². The van der Waals surface area contributed by atoms with Gasteiger partial charge in [0.15, 0.2) is 11.9 Å². The summed E-state index contributed by atoms with van der Waals surface area (Å²) in [6.07, 6.45) is 2.95. The summed E-state index contributed by atoms with van der Waals surface area (Å²) in [5.74, 6) is -1.03. The van der Waals surface area contributed by atoms with Crippen LogP contribution in [0.1, 0.15) is 17.3 Å². The lowest BCUT2D eigenvalue weighted by atomic mass is 10.3. The van der Waals surface area contributed by atoms with Crippen LogP contribution in [0.5, 0.6) is 0 Å². The Balaban J connectivity index is 1.53. The number of esters is 1. The Hall–Kier alpha value is -4.08. The Bertz CT molecular complexity index is 958. The summed E-state index contributed by atoms with van der Waals surface area (Å²) >= 11 is 0. The largest absolute Gasteiger partial charge is 0.449 e. The van der Waals surface area contributed by atoms with Gasteiger partial charge in [0.05, 0.1) is 5.56 Å². The monoisotopic (exact) mass is 380 g/mol. The maximum Gasteiger partial charge on any atom is 0.340 e. The summed E-state index contributed by atoms with van der Waals surface area (Å²) < 4.78 is 6.50. The van der Waals surface area contributed by atoms with Crippen LogP contribution in [0, 0.1) is 0 Å². The predicted octanol–water partition coefficient (Wildman–Crippen LogP) is 1.56. The molecule has 0 aliphatic rings. The van der Waals surface area contributed by atoms with Crippen molar-refractivity contribution in [2.24, 2.45) is 0 Å². The average molecular weight is 380 g/mol. The summed E-state index contributed by atoms with van der Waals surface area (Å²) in [5, 5.41) is 8.54. The molecule has 1 atom stereocenters. The van der Waals surface area contributed by atoms with Crippen LogP contribution in [0.3, 0.4) is 0 Å². The number of imide groups is 1. The first kappa shape index (κ1) is 18.7. The molecule has 0 saturated heterocycles. The van der Waals surface area contributed by atoms with Gasteiger partial charge in [-0.05, 0) is 31.2 Å². The number of carbonyl (C=O) groups excluding carboxylic acids is 3. The van der Waals surface area contributed by atoms with Gasteiger partial charge >= 0.3 is 12.0 Å². The number of para-hydroxylation sites is 1. The van der Waals surface area contributed by atoms with E-state index in [2.05, 4.69) is 25.7 Å². The minimum atomic E-state index is -1.18. The molecule has 0 radical (unpaired) electrons. The lowest BCUT2D eigenvalue weighted by molar-refractivity contribution is -0.127. The number of urea groups is 1. The summed E-state index contributed by atoms with van der Waals surface area (Å²) in [4.78, 5) is 43.9. The number of anilines is 1. The van der Waals surface area contributed by atoms with Crippen LogP contribution < -0.4 is 10.6 Å². The average Bonchev–Trinajstić information content (AvgIpc) is 3.23. The number of carbonyl (C=O) groups is 3. The predicted molar refractivity (Wildman–Crippen MR) is 97.6 cm³/mol. The number of hydrogen-bond acceptors (Lipinski definition) is 7. The van der Waals surface area contributed by atoms with Crippen molar-refractivity contribution in [3.05, 3.63) is 66.9 Å². The molecule has 2 aromatic heterocycles. The Kier molecular flexibility index (Phi) is 5.70. The molecule has 3 aromatic rings. The highest BCUT2D eigenvalue weighted by molar-refractivity contribution is 6.03. The van der Waals surface area contributed by atoms with Gasteiger partial charge in [-0.3, -0.25) is 10.1 Å². The third-order valence-corrected chi connectivity index (χ3v) is 3.56. The second kappa shape index (κ2) is 8.54. The molecule has 1 aromatic carbocycles. The van der Waals surface area contributed by atoms with Crippen LogP contribution in [0.15, 0.2) is 61.3 Å². The molecule has 2 heterocycles. The van der Waals surface area contributed by atoms with Gasteiger partial charge in [0, 0.05) is 11.9 Å². The van der Waals surface area contributed by atoms with Crippen molar-refractivity contribution in [1.29, 1.82) is 0 Å². The smallest absolute Gasteiger partial charge is 0.340 e. The van der Waals surface area contributed by atoms with Gasteiger partial charge < -0.3 is 10.1 Å². The van der Waals surface area contributed by atoms with Gasteiger partial charge in [0.2, 0.25) is 0 Å². The molecule has 10 nitrogen and oxygen atoms in total. The summed E-state index contributed by atoms with van der Waals surface area (Å²) in [6, 6.07) is 10.9. The highest BCUT2D eigenvalue weighted by atomic mass is 16.5. The lowest BCUT2D eigenvalue weighted by Gasteiger charge is -2.13. The third-order valence-electron chi connectivity index (χ3n) is 3.56. The highest BCUT2D eigenvalue weighted by Crippen LogP contribution is 2.08. The molecule has 3 amide bonds. The zero-order valence-electron chi connectivity index (χ0n) is 14.8. The summed E-state index contributed by atoms with van der Waals surface area (Å²) in [5.41, 5.74) is 0.674. The fourth-order valence-electron chi connectivity index (χ4n) is 2.15. The van der Waals surface area contributed by atoms with E-state index in [9.17, 15) is 14.4 Å². The molecule has 3 rings (SSSR count). The number of benzene rings is 1. The summed E-state index contributed by atoms with van der Waals surface area (Å²) in [6.45, 7) is 1.36. The van der Waals surface area contributed by atoms with E-state index in [1.54, 1.807) is 36.4 Å². The van der Waals surface area contributed by atoms with Crippen LogP contribution in [-0.2, 0) is 9.53 Å². The normalized spacial score (nSPS) is 11.3. The van der Waals surface area contributed by atoms with E-state index in [1.165, 1.54) is 36.5 Å². The van der Waals surface area contributed by atoms with Crippen molar-refractivity contribution < 1.29 is 19.1 Å². The maximum atomic E-state index is 12.2. The first-order chi connectivity index (χ1) is 13.5. The van der Waals surface area contributed by atoms with Crippen molar-refractivity contribution in [2.45, 2.75) is 13.0 Å². The van der Waals surface area contributed by atoms with Crippen LogP contribution in [0.2, 0.25) is 0 Å². The molecule has 142 valence electrons. The number of nitrogens with one attached hydrogen (secondary N) is 2. The molecule has 0 aliphatic heterocycles. The van der Waals surface area contributed by atoms with E-state index in [1.807, 2.05) is 0 Å². The van der Waals surface area contributed by atoms with Gasteiger partial charge in [0.25, 0.3) is 5.91 Å². The quantitative estimate of drug-likeness (QED) is 0.643. The van der Waals surface area contributed by atoms with Gasteiger partial charge in [-0.15, -0.1) is 0 Å². The number of rotatable bonds is 5. The maximum absolute atomic E-state index is 12.2. The van der Waals surface area contributed by atoms with Gasteiger partial charge in [-0.2, -0.15) is 5.10 Å². The molecule has 10 heteroatoms. The Morgan fingerprint density at radius 3 is 2.54 bits per heavy atom. The molecule has 2 N–H and O–H groups in total. The first-order valence-electron chi connectivity index (χ1n) is 8.22. The lowest BCUT2D eigenvalue weighted by Crippen LogP contribution is -2.41. The zero-order chi connectivity index (χ0) is 19.9. The number of nitrogens with zero attached hydrogens (tertiary/aromatic N) is 4. The number of hydrogen-bond donors (Lipinski definition) is 2. The molecule has 0 aliphatic carbocycles. The van der Waals surface area contributed by atoms with Gasteiger partial charge in [0.1, 0.15) is 12.7 Å². The molecule has 1 unspecified atom stereocenters. The first-order valence-corrected chi connectivity index (χ1v) is 8.22.